The lowest BCUT2D eigenvalue weighted by Crippen LogP contribution is -2.48. The molecular weight excluding hydrogens is 462 g/mol. The Kier molecular flexibility index (Phi) is 7.07. The molecule has 1 aliphatic rings. The quantitative estimate of drug-likeness (QED) is 0.365. The van der Waals surface area contributed by atoms with Crippen molar-refractivity contribution in [3.05, 3.63) is 48.0 Å². The minimum absolute atomic E-state index is 0.219. The molecule has 9 heteroatoms. The van der Waals surface area contributed by atoms with E-state index in [0.29, 0.717) is 24.4 Å². The molecule has 170 valence electrons. The third-order valence-electron chi connectivity index (χ3n) is 5.50. The highest BCUT2D eigenvalue weighted by Gasteiger charge is 2.23. The molecule has 3 aromatic rings. The molecule has 1 amide bonds. The van der Waals surface area contributed by atoms with Crippen molar-refractivity contribution in [3.63, 3.8) is 0 Å². The van der Waals surface area contributed by atoms with Gasteiger partial charge in [0.2, 0.25) is 5.91 Å². The molecule has 0 unspecified atom stereocenters. The maximum absolute atomic E-state index is 12.6. The van der Waals surface area contributed by atoms with E-state index >= 15 is 0 Å². The Hall–Kier alpha value is -2.10. The second-order valence-corrected chi connectivity index (χ2v) is 12.2. The summed E-state index contributed by atoms with van der Waals surface area (Å²) in [4.78, 5) is 23.0. The molecule has 4 rings (SSSR count). The number of carbonyl (C=O) groups excluding carboxylic acids is 1. The van der Waals surface area contributed by atoms with Crippen LogP contribution in [0.5, 0.6) is 0 Å². The molecule has 0 radical (unpaired) electrons. The number of anilines is 1. The van der Waals surface area contributed by atoms with Gasteiger partial charge in [0.05, 0.1) is 15.1 Å². The Labute approximate surface area is 197 Å². The van der Waals surface area contributed by atoms with Crippen molar-refractivity contribution in [2.75, 3.05) is 43.1 Å². The predicted octanol–water partition coefficient (Wildman–Crippen LogP) is 4.23. The van der Waals surface area contributed by atoms with Gasteiger partial charge in [-0.25, -0.2) is 13.4 Å². The first-order valence-electron chi connectivity index (χ1n) is 10.6. The number of hydrogen-bond acceptors (Lipinski definition) is 7. The number of rotatable bonds is 7. The molecule has 1 aliphatic heterocycles. The Bertz CT molecular complexity index is 1200. The first-order chi connectivity index (χ1) is 15.3. The number of hydrogen-bond donors (Lipinski definition) is 0. The van der Waals surface area contributed by atoms with Gasteiger partial charge in [-0.2, -0.15) is 0 Å². The van der Waals surface area contributed by atoms with Gasteiger partial charge in [-0.05, 0) is 49.4 Å². The van der Waals surface area contributed by atoms with Crippen molar-refractivity contribution in [1.29, 1.82) is 0 Å². The van der Waals surface area contributed by atoms with E-state index in [1.165, 1.54) is 28.1 Å². The summed E-state index contributed by atoms with van der Waals surface area (Å²) >= 11 is 3.30. The molecule has 1 saturated heterocycles. The molecule has 1 fully saturated rings. The minimum atomic E-state index is -3.23. The Morgan fingerprint density at radius 2 is 1.81 bits per heavy atom. The van der Waals surface area contributed by atoms with Gasteiger partial charge < -0.3 is 9.80 Å². The lowest BCUT2D eigenvalue weighted by atomic mass is 10.2. The second-order valence-electron chi connectivity index (χ2n) is 8.03. The van der Waals surface area contributed by atoms with E-state index in [4.69, 9.17) is 0 Å². The van der Waals surface area contributed by atoms with Gasteiger partial charge in [-0.3, -0.25) is 4.79 Å². The lowest BCUT2D eigenvalue weighted by molar-refractivity contribution is -0.131. The monoisotopic (exact) mass is 489 g/mol. The summed E-state index contributed by atoms with van der Waals surface area (Å²) in [6.45, 7) is 4.94. The van der Waals surface area contributed by atoms with Gasteiger partial charge >= 0.3 is 0 Å². The SMILES string of the molecule is Cc1ccc(SCCCC(=O)N2CCN(c3nc4ccc(S(C)(=O)=O)cc4s3)CC2)cc1. The van der Waals surface area contributed by atoms with Crippen LogP contribution in [0, 0.1) is 6.92 Å². The average Bonchev–Trinajstić information content (AvgIpc) is 3.21. The zero-order valence-corrected chi connectivity index (χ0v) is 20.7. The van der Waals surface area contributed by atoms with Crippen LogP contribution in [0.4, 0.5) is 5.13 Å². The third kappa shape index (κ3) is 5.63. The van der Waals surface area contributed by atoms with Gasteiger partial charge in [-0.1, -0.05) is 29.0 Å². The lowest BCUT2D eigenvalue weighted by Gasteiger charge is -2.34. The molecule has 0 aliphatic carbocycles. The van der Waals surface area contributed by atoms with Crippen molar-refractivity contribution < 1.29 is 13.2 Å². The summed E-state index contributed by atoms with van der Waals surface area (Å²) in [7, 11) is -3.23. The van der Waals surface area contributed by atoms with Crippen LogP contribution in [-0.4, -0.2) is 62.4 Å². The zero-order chi connectivity index (χ0) is 22.7. The fraction of sp³-hybridized carbons (Fsp3) is 0.391. The van der Waals surface area contributed by atoms with Crippen LogP contribution in [0.25, 0.3) is 10.2 Å². The molecule has 0 bridgehead atoms. The number of aryl methyl sites for hydroxylation is 1. The van der Waals surface area contributed by atoms with Gasteiger partial charge in [0.15, 0.2) is 15.0 Å². The number of benzene rings is 2. The molecule has 32 heavy (non-hydrogen) atoms. The van der Waals surface area contributed by atoms with E-state index in [1.54, 1.807) is 30.0 Å². The molecule has 2 aromatic carbocycles. The standard InChI is InChI=1S/C23H27N3O3S3/c1-17-5-7-18(8-6-17)30-15-3-4-22(27)25-11-13-26(14-12-25)23-24-20-10-9-19(32(2,28)29)16-21(20)31-23/h5-10,16H,3-4,11-15H2,1-2H3. The summed E-state index contributed by atoms with van der Waals surface area (Å²) in [6.07, 6.45) is 2.67. The number of amides is 1. The van der Waals surface area contributed by atoms with Crippen molar-refractivity contribution in [1.82, 2.24) is 9.88 Å². The summed E-state index contributed by atoms with van der Waals surface area (Å²) in [5.74, 6) is 1.16. The fourth-order valence-corrected chi connectivity index (χ4v) is 6.24. The van der Waals surface area contributed by atoms with E-state index < -0.39 is 9.84 Å². The third-order valence-corrected chi connectivity index (χ3v) is 8.79. The number of piperazine rings is 1. The summed E-state index contributed by atoms with van der Waals surface area (Å²) in [5, 5.41) is 0.882. The number of sulfone groups is 1. The minimum Gasteiger partial charge on any atom is -0.345 e. The number of aromatic nitrogens is 1. The van der Waals surface area contributed by atoms with E-state index in [-0.39, 0.29) is 5.91 Å². The summed E-state index contributed by atoms with van der Waals surface area (Å²) in [5.41, 5.74) is 2.06. The highest BCUT2D eigenvalue weighted by Crippen LogP contribution is 2.31. The first kappa shape index (κ1) is 23.1. The Morgan fingerprint density at radius 1 is 1.09 bits per heavy atom. The second kappa shape index (κ2) is 9.80. The van der Waals surface area contributed by atoms with Gasteiger partial charge in [0.25, 0.3) is 0 Å². The van der Waals surface area contributed by atoms with E-state index in [2.05, 4.69) is 41.1 Å². The van der Waals surface area contributed by atoms with Crippen LogP contribution in [0.15, 0.2) is 52.3 Å². The van der Waals surface area contributed by atoms with Gasteiger partial charge in [-0.15, -0.1) is 11.8 Å². The molecular formula is C23H27N3O3S3. The molecule has 0 atom stereocenters. The molecule has 0 saturated carbocycles. The van der Waals surface area contributed by atoms with Crippen molar-refractivity contribution in [2.24, 2.45) is 0 Å². The molecule has 2 heterocycles. The Balaban J connectivity index is 1.26. The number of thiazole rings is 1. The van der Waals surface area contributed by atoms with Crippen LogP contribution in [0.3, 0.4) is 0 Å². The molecule has 0 spiro atoms. The summed E-state index contributed by atoms with van der Waals surface area (Å²) < 4.78 is 24.5. The number of carbonyl (C=O) groups is 1. The van der Waals surface area contributed by atoms with Crippen LogP contribution >= 0.6 is 23.1 Å². The predicted molar refractivity (Wildman–Crippen MR) is 133 cm³/mol. The number of thioether (sulfide) groups is 1. The van der Waals surface area contributed by atoms with Crippen LogP contribution < -0.4 is 4.90 Å². The Morgan fingerprint density at radius 3 is 2.50 bits per heavy atom. The zero-order valence-electron chi connectivity index (χ0n) is 18.3. The van der Waals surface area contributed by atoms with Gasteiger partial charge in [0.1, 0.15) is 0 Å². The maximum atomic E-state index is 12.6. The normalized spacial score (nSPS) is 14.8. The van der Waals surface area contributed by atoms with Crippen molar-refractivity contribution >= 4 is 54.2 Å². The molecule has 1 aromatic heterocycles. The summed E-state index contributed by atoms with van der Waals surface area (Å²) in [6, 6.07) is 13.6. The maximum Gasteiger partial charge on any atom is 0.222 e. The fourth-order valence-electron chi connectivity index (χ4n) is 3.61. The van der Waals surface area contributed by atoms with Crippen LogP contribution in [0.1, 0.15) is 18.4 Å². The van der Waals surface area contributed by atoms with Gasteiger partial charge in [0, 0.05) is 43.8 Å². The van der Waals surface area contributed by atoms with E-state index in [1.807, 2.05) is 4.90 Å². The average molecular weight is 490 g/mol. The number of fused-ring (bicyclic) bond motifs is 1. The van der Waals surface area contributed by atoms with Crippen molar-refractivity contribution in [2.45, 2.75) is 29.6 Å². The highest BCUT2D eigenvalue weighted by atomic mass is 32.2. The van der Waals surface area contributed by atoms with Crippen molar-refractivity contribution in [3.8, 4) is 0 Å². The van der Waals surface area contributed by atoms with E-state index in [0.717, 1.165) is 40.6 Å². The molecule has 0 N–H and O–H groups in total. The smallest absolute Gasteiger partial charge is 0.222 e. The van der Waals surface area contributed by atoms with Crippen LogP contribution in [0.2, 0.25) is 0 Å². The largest absolute Gasteiger partial charge is 0.345 e. The van der Waals surface area contributed by atoms with E-state index in [9.17, 15) is 13.2 Å². The topological polar surface area (TPSA) is 70.6 Å². The number of nitrogens with zero attached hydrogens (tertiary/aromatic N) is 3. The highest BCUT2D eigenvalue weighted by molar-refractivity contribution is 7.99. The first-order valence-corrected chi connectivity index (χ1v) is 14.3. The van der Waals surface area contributed by atoms with Crippen LogP contribution in [-0.2, 0) is 14.6 Å². The molecule has 6 nitrogen and oxygen atoms in total.